The molecule has 1 aliphatic heterocycles. The average Bonchev–Trinajstić information content (AvgIpc) is 2.22. The van der Waals surface area contributed by atoms with Gasteiger partial charge < -0.3 is 5.73 Å². The van der Waals surface area contributed by atoms with E-state index >= 15 is 0 Å². The molecule has 0 spiro atoms. The van der Waals surface area contributed by atoms with Crippen LogP contribution in [-0.4, -0.2) is 42.1 Å². The van der Waals surface area contributed by atoms with Crippen molar-refractivity contribution in [2.24, 2.45) is 11.1 Å². The first kappa shape index (κ1) is 13.3. The third-order valence-electron chi connectivity index (χ3n) is 3.44. The molecule has 1 rings (SSSR count). The van der Waals surface area contributed by atoms with Gasteiger partial charge >= 0.3 is 0 Å². The van der Waals surface area contributed by atoms with E-state index in [2.05, 4.69) is 37.4 Å². The number of nitrogens with zero attached hydrogens (tertiary/aromatic N) is 1. The van der Waals surface area contributed by atoms with Crippen LogP contribution in [0.2, 0.25) is 0 Å². The topological polar surface area (TPSA) is 29.3 Å². The van der Waals surface area contributed by atoms with Crippen LogP contribution in [0.15, 0.2) is 0 Å². The van der Waals surface area contributed by atoms with Gasteiger partial charge in [-0.2, -0.15) is 11.8 Å². The summed E-state index contributed by atoms with van der Waals surface area (Å²) in [7, 11) is 0. The van der Waals surface area contributed by atoms with Gasteiger partial charge in [-0.15, -0.1) is 0 Å². The maximum absolute atomic E-state index is 5.92. The standard InChI is InChI=1S/C12H26N2S/c1-4-5-12(3,9-13)10-14-6-7-15-8-11(14)2/h11H,4-10,13H2,1-3H3. The van der Waals surface area contributed by atoms with Gasteiger partial charge in [0, 0.05) is 30.6 Å². The second-order valence-corrected chi connectivity index (χ2v) is 6.31. The molecule has 0 aliphatic carbocycles. The fourth-order valence-electron chi connectivity index (χ4n) is 2.34. The minimum Gasteiger partial charge on any atom is -0.330 e. The van der Waals surface area contributed by atoms with Crippen molar-refractivity contribution in [3.05, 3.63) is 0 Å². The van der Waals surface area contributed by atoms with E-state index in [1.807, 2.05) is 0 Å². The molecule has 0 aromatic carbocycles. The first-order chi connectivity index (χ1) is 7.11. The molecule has 2 nitrogen and oxygen atoms in total. The Morgan fingerprint density at radius 3 is 2.80 bits per heavy atom. The number of hydrogen-bond acceptors (Lipinski definition) is 3. The van der Waals surface area contributed by atoms with E-state index in [-0.39, 0.29) is 0 Å². The summed E-state index contributed by atoms with van der Waals surface area (Å²) in [6.07, 6.45) is 2.49. The molecule has 90 valence electrons. The average molecular weight is 230 g/mol. The van der Waals surface area contributed by atoms with Crippen LogP contribution >= 0.6 is 11.8 Å². The Kier molecular flexibility index (Phi) is 5.44. The molecule has 2 N–H and O–H groups in total. The van der Waals surface area contributed by atoms with Crippen molar-refractivity contribution < 1.29 is 0 Å². The molecule has 0 radical (unpaired) electrons. The summed E-state index contributed by atoms with van der Waals surface area (Å²) in [4.78, 5) is 2.62. The van der Waals surface area contributed by atoms with E-state index in [1.54, 1.807) is 0 Å². The summed E-state index contributed by atoms with van der Waals surface area (Å²) in [5.74, 6) is 2.57. The monoisotopic (exact) mass is 230 g/mol. The van der Waals surface area contributed by atoms with Crippen LogP contribution in [0.25, 0.3) is 0 Å². The van der Waals surface area contributed by atoms with Crippen molar-refractivity contribution in [3.63, 3.8) is 0 Å². The third-order valence-corrected chi connectivity index (χ3v) is 4.63. The van der Waals surface area contributed by atoms with Crippen LogP contribution in [0.1, 0.15) is 33.6 Å². The zero-order chi connectivity index (χ0) is 11.3. The Morgan fingerprint density at radius 2 is 2.27 bits per heavy atom. The Labute approximate surface area is 99.0 Å². The SMILES string of the molecule is CCCC(C)(CN)CN1CCSCC1C. The number of thioether (sulfide) groups is 1. The molecule has 15 heavy (non-hydrogen) atoms. The summed E-state index contributed by atoms with van der Waals surface area (Å²) < 4.78 is 0. The van der Waals surface area contributed by atoms with E-state index in [0.29, 0.717) is 5.41 Å². The van der Waals surface area contributed by atoms with Gasteiger partial charge in [-0.1, -0.05) is 20.3 Å². The molecule has 0 bridgehead atoms. The van der Waals surface area contributed by atoms with Gasteiger partial charge in [0.05, 0.1) is 0 Å². The quantitative estimate of drug-likeness (QED) is 0.785. The Balaban J connectivity index is 2.49. The number of nitrogens with two attached hydrogens (primary N) is 1. The second kappa shape index (κ2) is 6.12. The zero-order valence-electron chi connectivity index (χ0n) is 10.5. The summed E-state index contributed by atoms with van der Waals surface area (Å²) in [6.45, 7) is 10.2. The Hall–Kier alpha value is 0.270. The number of rotatable bonds is 5. The molecule has 1 heterocycles. The first-order valence-corrected chi connectivity index (χ1v) is 7.28. The third kappa shape index (κ3) is 3.97. The molecule has 2 atom stereocenters. The van der Waals surface area contributed by atoms with E-state index in [9.17, 15) is 0 Å². The predicted molar refractivity (Wildman–Crippen MR) is 70.4 cm³/mol. The summed E-state index contributed by atoms with van der Waals surface area (Å²) in [6, 6.07) is 0.728. The van der Waals surface area contributed by atoms with Gasteiger partial charge in [-0.05, 0) is 25.3 Å². The largest absolute Gasteiger partial charge is 0.330 e. The van der Waals surface area contributed by atoms with E-state index in [0.717, 1.165) is 12.6 Å². The van der Waals surface area contributed by atoms with Crippen LogP contribution in [-0.2, 0) is 0 Å². The fourth-order valence-corrected chi connectivity index (χ4v) is 3.42. The lowest BCUT2D eigenvalue weighted by molar-refractivity contribution is 0.135. The lowest BCUT2D eigenvalue weighted by Gasteiger charge is -2.40. The smallest absolute Gasteiger partial charge is 0.0158 e. The van der Waals surface area contributed by atoms with Gasteiger partial charge in [0.1, 0.15) is 0 Å². The van der Waals surface area contributed by atoms with Crippen molar-refractivity contribution in [1.82, 2.24) is 4.90 Å². The first-order valence-electron chi connectivity index (χ1n) is 6.13. The van der Waals surface area contributed by atoms with E-state index < -0.39 is 0 Å². The number of hydrogen-bond donors (Lipinski definition) is 1. The maximum atomic E-state index is 5.92. The maximum Gasteiger partial charge on any atom is 0.0158 e. The summed E-state index contributed by atoms with van der Waals surface area (Å²) in [5.41, 5.74) is 6.25. The molecule has 1 saturated heterocycles. The van der Waals surface area contributed by atoms with Gasteiger partial charge in [-0.3, -0.25) is 4.90 Å². The van der Waals surface area contributed by atoms with Crippen LogP contribution in [0.5, 0.6) is 0 Å². The van der Waals surface area contributed by atoms with Crippen molar-refractivity contribution in [2.45, 2.75) is 39.7 Å². The van der Waals surface area contributed by atoms with Crippen LogP contribution in [0.3, 0.4) is 0 Å². The van der Waals surface area contributed by atoms with E-state index in [1.165, 1.54) is 37.4 Å². The highest BCUT2D eigenvalue weighted by Crippen LogP contribution is 2.26. The lowest BCUT2D eigenvalue weighted by Crippen LogP contribution is -2.48. The van der Waals surface area contributed by atoms with Gasteiger partial charge in [0.15, 0.2) is 0 Å². The van der Waals surface area contributed by atoms with Crippen LogP contribution in [0.4, 0.5) is 0 Å². The minimum atomic E-state index is 0.324. The van der Waals surface area contributed by atoms with Gasteiger partial charge in [-0.25, -0.2) is 0 Å². The lowest BCUT2D eigenvalue weighted by atomic mass is 9.85. The molecule has 0 aromatic rings. The van der Waals surface area contributed by atoms with Gasteiger partial charge in [0.25, 0.3) is 0 Å². The van der Waals surface area contributed by atoms with Crippen molar-refractivity contribution in [2.75, 3.05) is 31.1 Å². The minimum absolute atomic E-state index is 0.324. The molecule has 0 aromatic heterocycles. The highest BCUT2D eigenvalue weighted by atomic mass is 32.2. The Bertz CT molecular complexity index is 186. The molecule has 1 fully saturated rings. The Morgan fingerprint density at radius 1 is 1.53 bits per heavy atom. The molecular weight excluding hydrogens is 204 g/mol. The molecule has 1 aliphatic rings. The molecule has 0 amide bonds. The van der Waals surface area contributed by atoms with Crippen molar-refractivity contribution in [3.8, 4) is 0 Å². The normalized spacial score (nSPS) is 27.6. The second-order valence-electron chi connectivity index (χ2n) is 5.16. The predicted octanol–water partition coefficient (Wildman–Crippen LogP) is 2.19. The molecule has 3 heteroatoms. The summed E-state index contributed by atoms with van der Waals surface area (Å²) in [5, 5.41) is 0. The van der Waals surface area contributed by atoms with Crippen LogP contribution in [0, 0.1) is 5.41 Å². The van der Waals surface area contributed by atoms with Crippen LogP contribution < -0.4 is 5.73 Å². The van der Waals surface area contributed by atoms with Gasteiger partial charge in [0.2, 0.25) is 0 Å². The van der Waals surface area contributed by atoms with Crippen molar-refractivity contribution in [1.29, 1.82) is 0 Å². The fraction of sp³-hybridized carbons (Fsp3) is 1.00. The zero-order valence-corrected chi connectivity index (χ0v) is 11.3. The molecular formula is C12H26N2S. The highest BCUT2D eigenvalue weighted by Gasteiger charge is 2.28. The highest BCUT2D eigenvalue weighted by molar-refractivity contribution is 7.99. The van der Waals surface area contributed by atoms with E-state index in [4.69, 9.17) is 5.73 Å². The van der Waals surface area contributed by atoms with Crippen molar-refractivity contribution >= 4 is 11.8 Å². The molecule has 0 saturated carbocycles. The summed E-state index contributed by atoms with van der Waals surface area (Å²) >= 11 is 2.08. The molecule has 2 unspecified atom stereocenters.